The summed E-state index contributed by atoms with van der Waals surface area (Å²) in [5, 5.41) is 9.69. The van der Waals surface area contributed by atoms with E-state index in [4.69, 9.17) is 5.73 Å². The quantitative estimate of drug-likeness (QED) is 0.490. The second-order valence-electron chi connectivity index (χ2n) is 3.55. The van der Waals surface area contributed by atoms with Crippen molar-refractivity contribution in [1.29, 1.82) is 0 Å². The van der Waals surface area contributed by atoms with E-state index in [1.807, 2.05) is 0 Å². The predicted octanol–water partition coefficient (Wildman–Crippen LogP) is 0.249. The van der Waals surface area contributed by atoms with E-state index in [1.165, 1.54) is 6.42 Å². The molecule has 0 amide bonds. The number of hydrogen-bond acceptors (Lipinski definition) is 2. The topological polar surface area (TPSA) is 46.2 Å². The van der Waals surface area contributed by atoms with Crippen LogP contribution in [0.1, 0.15) is 25.7 Å². The zero-order chi connectivity index (χ0) is 6.48. The lowest BCUT2D eigenvalue weighted by Crippen LogP contribution is -2.43. The molecule has 3 atom stereocenters. The summed E-state index contributed by atoms with van der Waals surface area (Å²) in [6.45, 7) is 0. The minimum atomic E-state index is -0.454. The molecule has 0 spiro atoms. The average molecular weight is 127 g/mol. The van der Waals surface area contributed by atoms with Crippen molar-refractivity contribution in [1.82, 2.24) is 0 Å². The Morgan fingerprint density at radius 2 is 2.33 bits per heavy atom. The molecule has 0 aromatic rings. The minimum absolute atomic E-state index is 0.0799. The molecule has 0 saturated heterocycles. The van der Waals surface area contributed by atoms with Crippen LogP contribution < -0.4 is 5.73 Å². The third-order valence-corrected chi connectivity index (χ3v) is 2.91. The Bertz CT molecular complexity index is 137. The van der Waals surface area contributed by atoms with Crippen molar-refractivity contribution in [3.05, 3.63) is 0 Å². The molecule has 9 heavy (non-hydrogen) atoms. The van der Waals surface area contributed by atoms with Gasteiger partial charge in [-0.2, -0.15) is 0 Å². The van der Waals surface area contributed by atoms with Gasteiger partial charge in [-0.15, -0.1) is 0 Å². The third-order valence-electron chi connectivity index (χ3n) is 2.91. The first-order valence-electron chi connectivity index (χ1n) is 3.69. The van der Waals surface area contributed by atoms with Crippen LogP contribution in [-0.2, 0) is 0 Å². The van der Waals surface area contributed by atoms with Crippen LogP contribution in [0.15, 0.2) is 0 Å². The Hall–Kier alpha value is -0.0800. The highest BCUT2D eigenvalue weighted by molar-refractivity contribution is 5.04. The van der Waals surface area contributed by atoms with Gasteiger partial charge in [0.15, 0.2) is 0 Å². The molecule has 2 heteroatoms. The van der Waals surface area contributed by atoms with Crippen molar-refractivity contribution in [2.45, 2.75) is 37.3 Å². The Morgan fingerprint density at radius 3 is 2.56 bits per heavy atom. The molecule has 52 valence electrons. The molecule has 2 bridgehead atoms. The molecule has 0 aromatic heterocycles. The summed E-state index contributed by atoms with van der Waals surface area (Å²) in [7, 11) is 0. The highest BCUT2D eigenvalue weighted by Gasteiger charge is 2.48. The van der Waals surface area contributed by atoms with E-state index in [-0.39, 0.29) is 6.04 Å². The lowest BCUT2D eigenvalue weighted by atomic mass is 9.93. The molecule has 0 radical (unpaired) electrons. The molecule has 2 aliphatic carbocycles. The first-order chi connectivity index (χ1) is 4.21. The van der Waals surface area contributed by atoms with Gasteiger partial charge in [-0.3, -0.25) is 0 Å². The summed E-state index contributed by atoms with van der Waals surface area (Å²) in [6, 6.07) is 0.0799. The molecule has 2 saturated carbocycles. The number of aliphatic hydroxyl groups is 1. The summed E-state index contributed by atoms with van der Waals surface area (Å²) in [4.78, 5) is 0. The fourth-order valence-corrected chi connectivity index (χ4v) is 2.27. The fraction of sp³-hybridized carbons (Fsp3) is 1.00. The molecule has 2 aliphatic rings. The van der Waals surface area contributed by atoms with Crippen molar-refractivity contribution < 1.29 is 5.11 Å². The monoisotopic (exact) mass is 127 g/mol. The van der Waals surface area contributed by atoms with Crippen molar-refractivity contribution >= 4 is 0 Å². The lowest BCUT2D eigenvalue weighted by Gasteiger charge is -2.25. The zero-order valence-electron chi connectivity index (χ0n) is 5.51. The molecule has 2 rings (SSSR count). The Morgan fingerprint density at radius 1 is 1.56 bits per heavy atom. The zero-order valence-corrected chi connectivity index (χ0v) is 5.51. The molecule has 3 unspecified atom stereocenters. The number of hydrogen-bond donors (Lipinski definition) is 2. The van der Waals surface area contributed by atoms with Crippen molar-refractivity contribution in [2.75, 3.05) is 0 Å². The fourth-order valence-electron chi connectivity index (χ4n) is 2.27. The van der Waals surface area contributed by atoms with Gasteiger partial charge in [0.2, 0.25) is 0 Å². The second-order valence-corrected chi connectivity index (χ2v) is 3.55. The second kappa shape index (κ2) is 1.50. The number of nitrogens with two attached hydrogens (primary N) is 1. The van der Waals surface area contributed by atoms with Gasteiger partial charge in [0, 0.05) is 6.04 Å². The van der Waals surface area contributed by atoms with Gasteiger partial charge in [-0.25, -0.2) is 0 Å². The molecular formula is C7H13NO. The van der Waals surface area contributed by atoms with E-state index in [0.29, 0.717) is 0 Å². The smallest absolute Gasteiger partial charge is 0.0800 e. The first kappa shape index (κ1) is 5.69. The predicted molar refractivity (Wildman–Crippen MR) is 34.9 cm³/mol. The van der Waals surface area contributed by atoms with Crippen molar-refractivity contribution in [3.63, 3.8) is 0 Å². The van der Waals surface area contributed by atoms with Gasteiger partial charge in [-0.05, 0) is 31.6 Å². The summed E-state index contributed by atoms with van der Waals surface area (Å²) < 4.78 is 0. The molecular weight excluding hydrogens is 114 g/mol. The normalized spacial score (nSPS) is 56.7. The van der Waals surface area contributed by atoms with Crippen LogP contribution in [0.2, 0.25) is 0 Å². The van der Waals surface area contributed by atoms with E-state index in [1.54, 1.807) is 0 Å². The Kier molecular flexibility index (Phi) is 0.945. The average Bonchev–Trinajstić information content (AvgIpc) is 2.22. The van der Waals surface area contributed by atoms with Gasteiger partial charge < -0.3 is 10.8 Å². The third kappa shape index (κ3) is 0.634. The van der Waals surface area contributed by atoms with Crippen molar-refractivity contribution in [2.24, 2.45) is 11.7 Å². The maximum absolute atomic E-state index is 9.69. The maximum Gasteiger partial charge on any atom is 0.0800 e. The molecule has 0 heterocycles. The van der Waals surface area contributed by atoms with Crippen LogP contribution in [0.5, 0.6) is 0 Å². The SMILES string of the molecule is NC1CC2CCC1(O)C2. The van der Waals surface area contributed by atoms with Crippen LogP contribution in [0.3, 0.4) is 0 Å². The van der Waals surface area contributed by atoms with Crippen LogP contribution in [0.4, 0.5) is 0 Å². The Balaban J connectivity index is 2.22. The number of fused-ring (bicyclic) bond motifs is 2. The van der Waals surface area contributed by atoms with E-state index >= 15 is 0 Å². The minimum Gasteiger partial charge on any atom is -0.388 e. The van der Waals surface area contributed by atoms with Gasteiger partial charge in [-0.1, -0.05) is 0 Å². The van der Waals surface area contributed by atoms with Gasteiger partial charge >= 0.3 is 0 Å². The largest absolute Gasteiger partial charge is 0.388 e. The Labute approximate surface area is 55.1 Å². The van der Waals surface area contributed by atoms with E-state index in [0.717, 1.165) is 25.2 Å². The molecule has 0 aliphatic heterocycles. The number of rotatable bonds is 0. The summed E-state index contributed by atoms with van der Waals surface area (Å²) in [5.41, 5.74) is 5.25. The van der Waals surface area contributed by atoms with Crippen LogP contribution in [0.25, 0.3) is 0 Å². The molecule has 2 nitrogen and oxygen atoms in total. The summed E-state index contributed by atoms with van der Waals surface area (Å²) in [5.74, 6) is 0.741. The molecule has 3 N–H and O–H groups in total. The summed E-state index contributed by atoms with van der Waals surface area (Å²) >= 11 is 0. The van der Waals surface area contributed by atoms with Crippen LogP contribution >= 0.6 is 0 Å². The van der Waals surface area contributed by atoms with Crippen molar-refractivity contribution in [3.8, 4) is 0 Å². The first-order valence-corrected chi connectivity index (χ1v) is 3.69. The van der Waals surface area contributed by atoms with Crippen LogP contribution in [-0.4, -0.2) is 16.7 Å². The highest BCUT2D eigenvalue weighted by atomic mass is 16.3. The van der Waals surface area contributed by atoms with Gasteiger partial charge in [0.25, 0.3) is 0 Å². The maximum atomic E-state index is 9.69. The van der Waals surface area contributed by atoms with Gasteiger partial charge in [0.05, 0.1) is 5.60 Å². The van der Waals surface area contributed by atoms with Crippen LogP contribution in [0, 0.1) is 5.92 Å². The standard InChI is InChI=1S/C7H13NO/c8-6-3-5-1-2-7(6,9)4-5/h5-6,9H,1-4,8H2. The van der Waals surface area contributed by atoms with E-state index in [2.05, 4.69) is 0 Å². The highest BCUT2D eigenvalue weighted by Crippen LogP contribution is 2.46. The van der Waals surface area contributed by atoms with E-state index < -0.39 is 5.60 Å². The van der Waals surface area contributed by atoms with Gasteiger partial charge in [0.1, 0.15) is 0 Å². The lowest BCUT2D eigenvalue weighted by molar-refractivity contribution is 0.0347. The molecule has 0 aromatic carbocycles. The summed E-state index contributed by atoms with van der Waals surface area (Å²) in [6.07, 6.45) is 4.16. The van der Waals surface area contributed by atoms with E-state index in [9.17, 15) is 5.11 Å². The molecule has 2 fully saturated rings.